The van der Waals surface area contributed by atoms with Gasteiger partial charge in [0.2, 0.25) is 0 Å². The fraction of sp³-hybridized carbons (Fsp3) is 1.00. The van der Waals surface area contributed by atoms with Gasteiger partial charge in [0.1, 0.15) is 5.50 Å². The molecule has 0 aliphatic carbocycles. The highest BCUT2D eigenvalue weighted by Gasteiger charge is 2.33. The first-order valence-electron chi connectivity index (χ1n) is 3.57. The number of nitrogens with one attached hydrogen (secondary N) is 1. The molecule has 0 amide bonds. The molecule has 3 atom stereocenters. The van der Waals surface area contributed by atoms with E-state index in [1.54, 1.807) is 11.8 Å². The predicted octanol–water partition coefficient (Wildman–Crippen LogP) is -0.420. The topological polar surface area (TPSA) is 47.3 Å². The number of nitrogens with two attached hydrogens (primary N) is 1. The zero-order valence-electron chi connectivity index (χ0n) is 5.75. The van der Waals surface area contributed by atoms with Crippen molar-refractivity contribution in [3.05, 3.63) is 0 Å². The molecule has 0 aromatic carbocycles. The van der Waals surface area contributed by atoms with Crippen LogP contribution < -0.4 is 11.1 Å². The van der Waals surface area contributed by atoms with E-state index in [4.69, 9.17) is 10.5 Å². The Morgan fingerprint density at radius 1 is 1.50 bits per heavy atom. The predicted molar refractivity (Wildman–Crippen MR) is 41.7 cm³/mol. The fourth-order valence-electron chi connectivity index (χ4n) is 1.43. The molecule has 2 aliphatic rings. The Morgan fingerprint density at radius 2 is 2.40 bits per heavy atom. The second-order valence-electron chi connectivity index (χ2n) is 2.82. The minimum Gasteiger partial charge on any atom is -0.379 e. The van der Waals surface area contributed by atoms with Gasteiger partial charge >= 0.3 is 0 Å². The van der Waals surface area contributed by atoms with Crippen LogP contribution in [0.1, 0.15) is 0 Å². The molecule has 0 aromatic rings. The number of fused-ring (bicyclic) bond motifs is 1. The van der Waals surface area contributed by atoms with Gasteiger partial charge in [-0.3, -0.25) is 5.32 Å². The van der Waals surface area contributed by atoms with E-state index < -0.39 is 0 Å². The zero-order valence-corrected chi connectivity index (χ0v) is 6.56. The molecule has 0 spiro atoms. The van der Waals surface area contributed by atoms with Gasteiger partial charge in [0.15, 0.2) is 0 Å². The summed E-state index contributed by atoms with van der Waals surface area (Å²) in [5, 5.41) is 3.29. The number of rotatable bonds is 0. The third kappa shape index (κ3) is 1.16. The van der Waals surface area contributed by atoms with E-state index in [0.717, 1.165) is 19.0 Å². The Morgan fingerprint density at radius 3 is 3.30 bits per heavy atom. The van der Waals surface area contributed by atoms with E-state index >= 15 is 0 Å². The van der Waals surface area contributed by atoms with E-state index in [0.29, 0.717) is 12.0 Å². The summed E-state index contributed by atoms with van der Waals surface area (Å²) in [6.45, 7) is 1.76. The summed E-state index contributed by atoms with van der Waals surface area (Å²) < 4.78 is 5.31. The van der Waals surface area contributed by atoms with Crippen LogP contribution in [0.2, 0.25) is 0 Å². The second kappa shape index (κ2) is 2.70. The molecule has 58 valence electrons. The quantitative estimate of drug-likeness (QED) is 0.505. The van der Waals surface area contributed by atoms with Gasteiger partial charge in [-0.25, -0.2) is 0 Å². The van der Waals surface area contributed by atoms with Crippen LogP contribution in [0.3, 0.4) is 0 Å². The first kappa shape index (κ1) is 6.91. The smallest absolute Gasteiger partial charge is 0.103 e. The summed E-state index contributed by atoms with van der Waals surface area (Å²) >= 11 is 1.78. The van der Waals surface area contributed by atoms with Crippen LogP contribution in [-0.4, -0.2) is 30.5 Å². The lowest BCUT2D eigenvalue weighted by Crippen LogP contribution is -2.50. The standard InChI is InChI=1S/C6H12N2OS/c7-6-8-5-2-9-1-4(5)3-10-6/h4-6,8H,1-3,7H2. The Balaban J connectivity index is 1.96. The molecular formula is C6H12N2OS. The van der Waals surface area contributed by atoms with Crippen molar-refractivity contribution in [1.29, 1.82) is 0 Å². The maximum atomic E-state index is 5.69. The largest absolute Gasteiger partial charge is 0.379 e. The van der Waals surface area contributed by atoms with E-state index in [1.807, 2.05) is 0 Å². The molecule has 2 heterocycles. The highest BCUT2D eigenvalue weighted by atomic mass is 32.2. The molecule has 3 unspecified atom stereocenters. The Kier molecular flexibility index (Phi) is 1.86. The highest BCUT2D eigenvalue weighted by molar-refractivity contribution is 7.99. The Bertz CT molecular complexity index is 133. The number of hydrogen-bond donors (Lipinski definition) is 2. The normalized spacial score (nSPS) is 47.1. The van der Waals surface area contributed by atoms with Crippen molar-refractivity contribution < 1.29 is 4.74 Å². The van der Waals surface area contributed by atoms with Crippen LogP contribution in [0.25, 0.3) is 0 Å². The van der Waals surface area contributed by atoms with Crippen LogP contribution in [0, 0.1) is 5.92 Å². The summed E-state index contributed by atoms with van der Waals surface area (Å²) in [7, 11) is 0. The molecule has 2 saturated heterocycles. The molecular weight excluding hydrogens is 148 g/mol. The molecule has 0 saturated carbocycles. The van der Waals surface area contributed by atoms with Gasteiger partial charge in [-0.2, -0.15) is 0 Å². The maximum absolute atomic E-state index is 5.69. The summed E-state index contributed by atoms with van der Waals surface area (Å²) in [5.74, 6) is 1.85. The first-order chi connectivity index (χ1) is 4.86. The lowest BCUT2D eigenvalue weighted by molar-refractivity contribution is 0.185. The van der Waals surface area contributed by atoms with Gasteiger partial charge in [-0.1, -0.05) is 0 Å². The Hall–Kier alpha value is 0.230. The zero-order chi connectivity index (χ0) is 6.97. The number of thioether (sulfide) groups is 1. The van der Waals surface area contributed by atoms with Gasteiger partial charge in [0.25, 0.3) is 0 Å². The molecule has 2 rings (SSSR count). The van der Waals surface area contributed by atoms with Crippen LogP contribution in [0.15, 0.2) is 0 Å². The average molecular weight is 160 g/mol. The number of ether oxygens (including phenoxy) is 1. The first-order valence-corrected chi connectivity index (χ1v) is 4.62. The van der Waals surface area contributed by atoms with Crippen LogP contribution in [-0.2, 0) is 4.74 Å². The molecule has 10 heavy (non-hydrogen) atoms. The maximum Gasteiger partial charge on any atom is 0.103 e. The van der Waals surface area contributed by atoms with Gasteiger partial charge < -0.3 is 10.5 Å². The van der Waals surface area contributed by atoms with Crippen molar-refractivity contribution in [1.82, 2.24) is 5.32 Å². The van der Waals surface area contributed by atoms with Crippen LogP contribution >= 0.6 is 11.8 Å². The summed E-state index contributed by atoms with van der Waals surface area (Å²) in [6, 6.07) is 0.524. The summed E-state index contributed by atoms with van der Waals surface area (Å²) in [6.07, 6.45) is 0. The van der Waals surface area contributed by atoms with Crippen LogP contribution in [0.5, 0.6) is 0 Å². The minimum absolute atomic E-state index is 0.128. The van der Waals surface area contributed by atoms with Crippen molar-refractivity contribution in [2.75, 3.05) is 19.0 Å². The second-order valence-corrected chi connectivity index (χ2v) is 4.00. The molecule has 0 radical (unpaired) electrons. The van der Waals surface area contributed by atoms with Crippen LogP contribution in [0.4, 0.5) is 0 Å². The minimum atomic E-state index is 0.128. The highest BCUT2D eigenvalue weighted by Crippen LogP contribution is 2.25. The summed E-state index contributed by atoms with van der Waals surface area (Å²) in [4.78, 5) is 0. The SMILES string of the molecule is NC1NC2COCC2CS1. The van der Waals surface area contributed by atoms with E-state index in [1.165, 1.54) is 0 Å². The lowest BCUT2D eigenvalue weighted by atomic mass is 10.1. The van der Waals surface area contributed by atoms with Crippen molar-refractivity contribution in [3.8, 4) is 0 Å². The molecule has 4 heteroatoms. The van der Waals surface area contributed by atoms with E-state index in [9.17, 15) is 0 Å². The molecule has 0 bridgehead atoms. The van der Waals surface area contributed by atoms with Gasteiger partial charge in [-0.15, -0.1) is 11.8 Å². The molecule has 3 N–H and O–H groups in total. The van der Waals surface area contributed by atoms with Crippen molar-refractivity contribution >= 4 is 11.8 Å². The van der Waals surface area contributed by atoms with E-state index in [-0.39, 0.29) is 5.50 Å². The van der Waals surface area contributed by atoms with Crippen molar-refractivity contribution in [3.63, 3.8) is 0 Å². The lowest BCUT2D eigenvalue weighted by Gasteiger charge is -2.28. The molecule has 0 aromatic heterocycles. The average Bonchev–Trinajstić information content (AvgIpc) is 2.33. The van der Waals surface area contributed by atoms with Gasteiger partial charge in [0, 0.05) is 17.7 Å². The van der Waals surface area contributed by atoms with Crippen molar-refractivity contribution in [2.24, 2.45) is 11.7 Å². The Labute approximate surface area is 64.7 Å². The third-order valence-electron chi connectivity index (χ3n) is 2.07. The van der Waals surface area contributed by atoms with Crippen molar-refractivity contribution in [2.45, 2.75) is 11.5 Å². The summed E-state index contributed by atoms with van der Waals surface area (Å²) in [5.41, 5.74) is 5.81. The fourth-order valence-corrected chi connectivity index (χ4v) is 2.49. The molecule has 2 aliphatic heterocycles. The monoisotopic (exact) mass is 160 g/mol. The van der Waals surface area contributed by atoms with E-state index in [2.05, 4.69) is 5.32 Å². The van der Waals surface area contributed by atoms with Gasteiger partial charge in [-0.05, 0) is 0 Å². The molecule has 2 fully saturated rings. The third-order valence-corrected chi connectivity index (χ3v) is 3.18. The number of hydrogen-bond acceptors (Lipinski definition) is 4. The van der Waals surface area contributed by atoms with Gasteiger partial charge in [0.05, 0.1) is 13.2 Å². The molecule has 3 nitrogen and oxygen atoms in total.